The second kappa shape index (κ2) is 49.2. The van der Waals surface area contributed by atoms with Crippen molar-refractivity contribution in [3.05, 3.63) is 72.1 Å². The first kappa shape index (κ1) is 97.6. The number of guanidine groups is 1. The molecule has 0 aliphatic rings. The first-order chi connectivity index (χ1) is 54.7. The molecule has 36 heteroatoms. The molecule has 2 aromatic carbocycles. The number of carbonyl (C=O) groups is 14. The van der Waals surface area contributed by atoms with Gasteiger partial charge in [0.2, 0.25) is 82.7 Å². The number of aromatic nitrogens is 2. The minimum atomic E-state index is -1.76. The van der Waals surface area contributed by atoms with Gasteiger partial charge < -0.3 is 113 Å². The minimum absolute atomic E-state index is 0.00553. The molecule has 0 saturated heterocycles. The molecular weight excluding hydrogens is 1500 g/mol. The number of nitrogens with one attached hydrogen (secondary N) is 14. The van der Waals surface area contributed by atoms with Crippen LogP contribution in [0.3, 0.4) is 0 Å². The van der Waals surface area contributed by atoms with Crippen LogP contribution in [-0.2, 0) is 80.0 Å². The van der Waals surface area contributed by atoms with Gasteiger partial charge in [-0.3, -0.25) is 72.1 Å². The number of fused-ring (bicyclic) bond motifs is 2. The van der Waals surface area contributed by atoms with E-state index in [0.29, 0.717) is 34.9 Å². The molecule has 4 rings (SSSR count). The molecule has 0 spiro atoms. The molecule has 0 aliphatic heterocycles. The van der Waals surface area contributed by atoms with E-state index in [0.717, 1.165) is 10.9 Å². The van der Waals surface area contributed by atoms with Crippen LogP contribution in [0.2, 0.25) is 0 Å². The lowest BCUT2D eigenvalue weighted by Crippen LogP contribution is -2.61. The van der Waals surface area contributed by atoms with Crippen LogP contribution in [0.15, 0.2) is 65.9 Å². The zero-order valence-electron chi connectivity index (χ0n) is 69.2. The third-order valence-electron chi connectivity index (χ3n) is 19.0. The molecule has 0 saturated carbocycles. The summed E-state index contributed by atoms with van der Waals surface area (Å²) in [4.78, 5) is 207. The van der Waals surface area contributed by atoms with Crippen molar-refractivity contribution in [2.75, 3.05) is 26.2 Å². The Kier molecular flexibility index (Phi) is 41.4. The number of hydrogen-bond acceptors (Lipinski definition) is 18. The summed E-state index contributed by atoms with van der Waals surface area (Å²) in [6.07, 6.45) is 3.68. The highest BCUT2D eigenvalue weighted by Crippen LogP contribution is 2.23. The SMILES string of the molecule is CC(C)C[C@H](NC(=O)[C@H](Cc1c[nH]c2ccccc12)NC(=O)[C@H](CCCN=C(N)N)NC(=O)CNC(=O)[C@H](CC(C)C)NC(=O)[C@H](CC(C)C)NC(=O)[C@H](CCCCN)NC(=O)[C@H](CO)NC(=O)[C@H](CC(C)C)NC(=O)[C@H](Cc1c[nH]c2ccccc12)NC(=O)[C@H](CCC(N)=O)NC(=O)[C@H](CC(C)C)NC(=O)[C@@H](N)CC(C)C)C(N)=O. The van der Waals surface area contributed by atoms with Crippen LogP contribution in [-0.4, -0.2) is 202 Å². The van der Waals surface area contributed by atoms with Crippen LogP contribution in [0.1, 0.15) is 178 Å². The Balaban J connectivity index is 1.57. The van der Waals surface area contributed by atoms with Crippen LogP contribution in [0.5, 0.6) is 0 Å². The number of nitrogens with zero attached hydrogens (tertiary/aromatic N) is 1. The van der Waals surface area contributed by atoms with Crippen molar-refractivity contribution in [3.63, 3.8) is 0 Å². The molecule has 2 heterocycles. The fourth-order valence-electron chi connectivity index (χ4n) is 13.2. The Morgan fingerprint density at radius 3 is 1.13 bits per heavy atom. The summed E-state index contributed by atoms with van der Waals surface area (Å²) in [5, 5.41) is 44.2. The molecule has 0 unspecified atom stereocenters. The minimum Gasteiger partial charge on any atom is -0.394 e. The predicted octanol–water partition coefficient (Wildman–Crippen LogP) is -0.587. The van der Waals surface area contributed by atoms with Gasteiger partial charge in [-0.2, -0.15) is 0 Å². The number of nitrogens with two attached hydrogens (primary N) is 6. The van der Waals surface area contributed by atoms with E-state index in [1.165, 1.54) is 0 Å². The van der Waals surface area contributed by atoms with Crippen LogP contribution >= 0.6 is 0 Å². The number of amides is 14. The number of primary amides is 2. The van der Waals surface area contributed by atoms with Gasteiger partial charge >= 0.3 is 0 Å². The summed E-state index contributed by atoms with van der Waals surface area (Å²) in [6, 6.07) is -1.71. The number of aliphatic imine (C=N–C) groups is 1. The summed E-state index contributed by atoms with van der Waals surface area (Å²) >= 11 is 0. The number of rotatable bonds is 53. The van der Waals surface area contributed by atoms with Crippen LogP contribution < -0.4 is 98.2 Å². The number of hydrogen-bond donors (Lipinski definition) is 21. The van der Waals surface area contributed by atoms with Gasteiger partial charge in [0.05, 0.1) is 19.2 Å². The molecule has 36 nitrogen and oxygen atoms in total. The number of benzene rings is 2. The Hall–Kier alpha value is -10.7. The number of unbranched alkanes of at least 4 members (excludes halogenated alkanes) is 1. The van der Waals surface area contributed by atoms with Gasteiger partial charge in [0.1, 0.15) is 66.5 Å². The van der Waals surface area contributed by atoms with Crippen LogP contribution in [0.25, 0.3) is 21.8 Å². The number of aromatic amines is 2. The van der Waals surface area contributed by atoms with Gasteiger partial charge in [-0.15, -0.1) is 0 Å². The lowest BCUT2D eigenvalue weighted by atomic mass is 9.99. The molecule has 0 radical (unpaired) electrons. The smallest absolute Gasteiger partial charge is 0.245 e. The molecule has 0 fully saturated rings. The van der Waals surface area contributed by atoms with E-state index in [1.54, 1.807) is 78.2 Å². The fourth-order valence-corrected chi connectivity index (χ4v) is 13.2. The molecule has 27 N–H and O–H groups in total. The topological polar surface area (TPSA) is 604 Å². The van der Waals surface area contributed by atoms with E-state index in [1.807, 2.05) is 65.8 Å². The van der Waals surface area contributed by atoms with Crippen molar-refractivity contribution < 1.29 is 72.2 Å². The Morgan fingerprint density at radius 2 is 0.724 bits per heavy atom. The average molecular weight is 1630 g/mol. The Bertz CT molecular complexity index is 3960. The van der Waals surface area contributed by atoms with Crippen molar-refractivity contribution in [1.82, 2.24) is 73.8 Å². The quantitative estimate of drug-likeness (QED) is 0.0149. The number of H-pyrrole nitrogens is 2. The summed E-state index contributed by atoms with van der Waals surface area (Å²) in [7, 11) is 0. The molecule has 12 atom stereocenters. The van der Waals surface area contributed by atoms with E-state index >= 15 is 0 Å². The second-order valence-corrected chi connectivity index (χ2v) is 32.3. The third kappa shape index (κ3) is 34.4. The normalized spacial score (nSPS) is 14.6. The molecule has 644 valence electrons. The predicted molar refractivity (Wildman–Crippen MR) is 440 cm³/mol. The zero-order chi connectivity index (χ0) is 86.6. The molecule has 0 aliphatic carbocycles. The van der Waals surface area contributed by atoms with Gasteiger partial charge in [-0.05, 0) is 142 Å². The van der Waals surface area contributed by atoms with E-state index in [9.17, 15) is 72.2 Å². The first-order valence-electron chi connectivity index (χ1n) is 40.1. The molecule has 14 amide bonds. The van der Waals surface area contributed by atoms with E-state index in [-0.39, 0.29) is 138 Å². The zero-order valence-corrected chi connectivity index (χ0v) is 69.2. The maximum atomic E-state index is 14.9. The van der Waals surface area contributed by atoms with Crippen molar-refractivity contribution in [3.8, 4) is 0 Å². The first-order valence-corrected chi connectivity index (χ1v) is 40.1. The highest BCUT2D eigenvalue weighted by molar-refractivity contribution is 6.00. The van der Waals surface area contributed by atoms with E-state index in [4.69, 9.17) is 34.4 Å². The van der Waals surface area contributed by atoms with Gasteiger partial charge in [-0.1, -0.05) is 119 Å². The fraction of sp³-hybridized carbons (Fsp3) is 0.613. The molecular formula is C80H129N21O15. The van der Waals surface area contributed by atoms with Gasteiger partial charge in [0, 0.05) is 60.0 Å². The van der Waals surface area contributed by atoms with Crippen molar-refractivity contribution in [1.29, 1.82) is 0 Å². The third-order valence-corrected chi connectivity index (χ3v) is 19.0. The van der Waals surface area contributed by atoms with Crippen molar-refractivity contribution in [2.45, 2.75) is 252 Å². The van der Waals surface area contributed by atoms with Gasteiger partial charge in [0.25, 0.3) is 0 Å². The highest BCUT2D eigenvalue weighted by Gasteiger charge is 2.38. The van der Waals surface area contributed by atoms with E-state index in [2.05, 4.69) is 78.8 Å². The highest BCUT2D eigenvalue weighted by atomic mass is 16.3. The lowest BCUT2D eigenvalue weighted by molar-refractivity contribution is -0.136. The van der Waals surface area contributed by atoms with Crippen molar-refractivity contribution >= 4 is 110 Å². The summed E-state index contributed by atoms with van der Waals surface area (Å²) in [5.41, 5.74) is 37.1. The van der Waals surface area contributed by atoms with Gasteiger partial charge in [-0.25, -0.2) is 0 Å². The number of aliphatic hydroxyl groups excluding tert-OH is 1. The molecule has 0 bridgehead atoms. The second-order valence-electron chi connectivity index (χ2n) is 32.3. The van der Waals surface area contributed by atoms with Crippen LogP contribution in [0, 0.1) is 35.5 Å². The summed E-state index contributed by atoms with van der Waals surface area (Å²) in [6.45, 7) is 20.2. The van der Waals surface area contributed by atoms with Crippen molar-refractivity contribution in [2.24, 2.45) is 74.9 Å². The molecule has 2 aromatic heterocycles. The number of carbonyl (C=O) groups excluding carboxylic acids is 14. The number of aliphatic hydroxyl groups is 1. The van der Waals surface area contributed by atoms with Crippen LogP contribution in [0.4, 0.5) is 0 Å². The maximum absolute atomic E-state index is 14.9. The standard InChI is InChI=1S/C80H129N21O15/c1-42(2)30-52(82)69(106)95-60(33-45(7)8)74(111)93-57(26-27-66(83)103)73(110)100-64(37-49-39-89-54-23-16-14-21-51(49)54)78(115)98-62(35-47(11)12)76(113)101-65(41-102)79(116)92-56(24-17-18-28-81)72(109)97-61(34-46(9)10)75(112)96-59(32-44(5)6)70(107)90-40-67(104)91-55(25-19-29-87-80(85)86)71(108)99-63(77(114)94-58(68(84)105)31-43(3)4)36-48-38-88-53-22-15-13-20-50(48)53/h13-16,20-23,38-39,42-47,52,55-65,88-89,102H,17-19,24-37,40-41,81-82H2,1-12H3,(H2,83,103)(H2,84,105)(H,90,107)(H,91,104)(H,92,116)(H,93,111)(H,94,114)(H,95,106)(H,96,112)(H,97,109)(H,98,115)(H,99,108)(H,100,110)(H,101,113)(H4,85,86,87)/t52-,55-,56-,57-,58-,59-,60-,61-,62-,63-,64-,65-/m0/s1. The maximum Gasteiger partial charge on any atom is 0.245 e. The number of para-hydroxylation sites is 2. The average Bonchev–Trinajstić information content (AvgIpc) is 1.66. The van der Waals surface area contributed by atoms with Gasteiger partial charge in [0.15, 0.2) is 5.96 Å². The lowest BCUT2D eigenvalue weighted by Gasteiger charge is -2.29. The monoisotopic (exact) mass is 1620 g/mol. The molecule has 4 aromatic rings. The Labute approximate surface area is 678 Å². The largest absolute Gasteiger partial charge is 0.394 e. The molecule has 116 heavy (non-hydrogen) atoms. The summed E-state index contributed by atoms with van der Waals surface area (Å²) in [5.74, 6) is -12.8. The van der Waals surface area contributed by atoms with E-state index < -0.39 is 168 Å². The summed E-state index contributed by atoms with van der Waals surface area (Å²) < 4.78 is 0. The Morgan fingerprint density at radius 1 is 0.388 bits per heavy atom.